The molecule has 0 amide bonds. The summed E-state index contributed by atoms with van der Waals surface area (Å²) in [4.78, 5) is 0. The van der Waals surface area contributed by atoms with Crippen molar-refractivity contribution in [3.8, 4) is 12.1 Å². The maximum atomic E-state index is 8.78. The summed E-state index contributed by atoms with van der Waals surface area (Å²) in [5.74, 6) is 0. The Hall–Kier alpha value is -1.58. The minimum atomic E-state index is -0.634. The number of ether oxygens (including phenoxy) is 1. The molecule has 2 unspecified atom stereocenters. The molecule has 0 saturated heterocycles. The molecule has 0 fully saturated rings. The maximum absolute atomic E-state index is 8.78. The molecule has 0 N–H and O–H groups in total. The maximum Gasteiger partial charge on any atom is 0.121 e. The van der Waals surface area contributed by atoms with Crippen LogP contribution in [0.1, 0.15) is 6.92 Å². The van der Waals surface area contributed by atoms with Crippen molar-refractivity contribution < 1.29 is 4.74 Å². The van der Waals surface area contributed by atoms with E-state index in [0.717, 1.165) is 0 Å². The van der Waals surface area contributed by atoms with Gasteiger partial charge in [0.15, 0.2) is 0 Å². The van der Waals surface area contributed by atoms with Crippen LogP contribution in [0.3, 0.4) is 0 Å². The van der Waals surface area contributed by atoms with Crippen molar-refractivity contribution in [2.75, 3.05) is 0 Å². The molecule has 0 saturated carbocycles. The number of nitriles is 2. The van der Waals surface area contributed by atoms with E-state index in [1.54, 1.807) is 6.92 Å². The topological polar surface area (TPSA) is 56.8 Å². The summed E-state index contributed by atoms with van der Waals surface area (Å²) in [6, 6.07) is 4.02. The smallest absolute Gasteiger partial charge is 0.121 e. The van der Waals surface area contributed by atoms with E-state index in [2.05, 4.69) is 0 Å². The summed E-state index contributed by atoms with van der Waals surface area (Å²) in [6.45, 7) is 1.80. The lowest BCUT2D eigenvalue weighted by molar-refractivity contribution is 0.0586. The molecule has 2 bridgehead atoms. The molecule has 2 atom stereocenters. The monoisotopic (exact) mass is 158 g/mol. The van der Waals surface area contributed by atoms with Crippen LogP contribution in [-0.4, -0.2) is 11.7 Å². The first-order chi connectivity index (χ1) is 5.71. The van der Waals surface area contributed by atoms with Gasteiger partial charge in [-0.2, -0.15) is 10.5 Å². The Kier molecular flexibility index (Phi) is 1.16. The lowest BCUT2D eigenvalue weighted by Gasteiger charge is -2.15. The molecule has 0 aromatic rings. The standard InChI is InChI=1S/C9H6N2O/c1-9-3-2-8(12-9)6(4-10)7(9)5-11/h2-3,8H,1H3. The van der Waals surface area contributed by atoms with Crippen LogP contribution in [0.25, 0.3) is 0 Å². The highest BCUT2D eigenvalue weighted by molar-refractivity contribution is 5.56. The van der Waals surface area contributed by atoms with E-state index in [0.29, 0.717) is 11.1 Å². The van der Waals surface area contributed by atoms with Gasteiger partial charge in [-0.05, 0) is 13.0 Å². The average molecular weight is 158 g/mol. The Morgan fingerprint density at radius 2 is 2.25 bits per heavy atom. The zero-order valence-electron chi connectivity index (χ0n) is 6.53. The van der Waals surface area contributed by atoms with Crippen molar-refractivity contribution in [3.63, 3.8) is 0 Å². The second-order valence-corrected chi connectivity index (χ2v) is 3.02. The minimum Gasteiger partial charge on any atom is -0.353 e. The molecule has 58 valence electrons. The first kappa shape index (κ1) is 7.09. The molecule has 2 aliphatic heterocycles. The Labute approximate surface area is 70.2 Å². The van der Waals surface area contributed by atoms with E-state index in [-0.39, 0.29) is 6.10 Å². The molecular formula is C9H6N2O. The number of hydrogen-bond acceptors (Lipinski definition) is 3. The van der Waals surface area contributed by atoms with Crippen LogP contribution in [0.15, 0.2) is 23.3 Å². The van der Waals surface area contributed by atoms with Crippen molar-refractivity contribution in [1.82, 2.24) is 0 Å². The molecule has 2 aliphatic rings. The van der Waals surface area contributed by atoms with Gasteiger partial charge in [-0.1, -0.05) is 6.08 Å². The third kappa shape index (κ3) is 0.617. The van der Waals surface area contributed by atoms with Gasteiger partial charge in [-0.25, -0.2) is 0 Å². The molecular weight excluding hydrogens is 152 g/mol. The Morgan fingerprint density at radius 3 is 2.75 bits per heavy atom. The van der Waals surface area contributed by atoms with Crippen molar-refractivity contribution in [1.29, 1.82) is 10.5 Å². The van der Waals surface area contributed by atoms with Gasteiger partial charge in [0.2, 0.25) is 0 Å². The minimum absolute atomic E-state index is 0.283. The van der Waals surface area contributed by atoms with Crippen molar-refractivity contribution in [2.24, 2.45) is 0 Å². The van der Waals surface area contributed by atoms with E-state index in [1.165, 1.54) is 0 Å². The predicted molar refractivity (Wildman–Crippen MR) is 40.7 cm³/mol. The molecule has 3 nitrogen and oxygen atoms in total. The van der Waals surface area contributed by atoms with E-state index in [9.17, 15) is 0 Å². The highest BCUT2D eigenvalue weighted by atomic mass is 16.5. The third-order valence-corrected chi connectivity index (χ3v) is 2.24. The van der Waals surface area contributed by atoms with Crippen molar-refractivity contribution in [2.45, 2.75) is 18.6 Å². The highest BCUT2D eigenvalue weighted by Crippen LogP contribution is 2.41. The summed E-state index contributed by atoms with van der Waals surface area (Å²) >= 11 is 0. The number of nitrogens with zero attached hydrogens (tertiary/aromatic N) is 2. The van der Waals surface area contributed by atoms with Gasteiger partial charge < -0.3 is 4.74 Å². The van der Waals surface area contributed by atoms with E-state index < -0.39 is 5.60 Å². The van der Waals surface area contributed by atoms with Gasteiger partial charge in [-0.15, -0.1) is 0 Å². The molecule has 0 spiro atoms. The molecule has 3 heteroatoms. The fourth-order valence-corrected chi connectivity index (χ4v) is 1.61. The van der Waals surface area contributed by atoms with Gasteiger partial charge in [0, 0.05) is 0 Å². The van der Waals surface area contributed by atoms with Crippen LogP contribution in [0.2, 0.25) is 0 Å². The summed E-state index contributed by atoms with van der Waals surface area (Å²) in [6.07, 6.45) is 3.37. The van der Waals surface area contributed by atoms with Crippen LogP contribution in [0.4, 0.5) is 0 Å². The molecule has 2 heterocycles. The largest absolute Gasteiger partial charge is 0.353 e. The van der Waals surface area contributed by atoms with Gasteiger partial charge in [0.25, 0.3) is 0 Å². The fourth-order valence-electron chi connectivity index (χ4n) is 1.61. The molecule has 0 aliphatic carbocycles. The lowest BCUT2D eigenvalue weighted by atomic mass is 9.90. The van der Waals surface area contributed by atoms with Crippen LogP contribution in [0, 0.1) is 22.7 Å². The summed E-state index contributed by atoms with van der Waals surface area (Å²) in [5, 5.41) is 17.5. The van der Waals surface area contributed by atoms with Crippen LogP contribution in [0.5, 0.6) is 0 Å². The first-order valence-corrected chi connectivity index (χ1v) is 3.63. The number of hydrogen-bond donors (Lipinski definition) is 0. The second-order valence-electron chi connectivity index (χ2n) is 3.02. The zero-order valence-corrected chi connectivity index (χ0v) is 6.53. The van der Waals surface area contributed by atoms with E-state index in [1.807, 2.05) is 24.3 Å². The first-order valence-electron chi connectivity index (χ1n) is 3.63. The Morgan fingerprint density at radius 1 is 1.50 bits per heavy atom. The van der Waals surface area contributed by atoms with Crippen LogP contribution in [-0.2, 0) is 4.74 Å². The molecule has 12 heavy (non-hydrogen) atoms. The van der Waals surface area contributed by atoms with Crippen LogP contribution >= 0.6 is 0 Å². The highest BCUT2D eigenvalue weighted by Gasteiger charge is 2.45. The van der Waals surface area contributed by atoms with Crippen molar-refractivity contribution >= 4 is 0 Å². The molecule has 0 radical (unpaired) electrons. The lowest BCUT2D eigenvalue weighted by Crippen LogP contribution is -2.20. The molecule has 0 aromatic carbocycles. The van der Waals surface area contributed by atoms with E-state index in [4.69, 9.17) is 15.3 Å². The Bertz CT molecular complexity index is 380. The van der Waals surface area contributed by atoms with Gasteiger partial charge in [-0.3, -0.25) is 0 Å². The summed E-state index contributed by atoms with van der Waals surface area (Å²) < 4.78 is 5.44. The number of rotatable bonds is 0. The van der Waals surface area contributed by atoms with E-state index >= 15 is 0 Å². The summed E-state index contributed by atoms with van der Waals surface area (Å²) in [7, 11) is 0. The van der Waals surface area contributed by atoms with Gasteiger partial charge in [0.05, 0.1) is 23.3 Å². The number of fused-ring (bicyclic) bond motifs is 2. The summed E-state index contributed by atoms with van der Waals surface area (Å²) in [5.41, 5.74) is 0.282. The zero-order chi connectivity index (χ0) is 8.77. The van der Waals surface area contributed by atoms with Crippen LogP contribution < -0.4 is 0 Å². The normalized spacial score (nSPS) is 36.8. The predicted octanol–water partition coefficient (Wildman–Crippen LogP) is 1.06. The molecule has 0 aromatic heterocycles. The molecule has 2 rings (SSSR count). The van der Waals surface area contributed by atoms with Gasteiger partial charge in [0.1, 0.15) is 11.7 Å². The SMILES string of the molecule is CC12C=CC(O1)C(C#N)=C2C#N. The fraction of sp³-hybridized carbons (Fsp3) is 0.333. The third-order valence-electron chi connectivity index (χ3n) is 2.24. The van der Waals surface area contributed by atoms with Gasteiger partial charge >= 0.3 is 0 Å². The Balaban J connectivity index is 2.59. The average Bonchev–Trinajstić information content (AvgIpc) is 2.55. The van der Waals surface area contributed by atoms with Crippen molar-refractivity contribution in [3.05, 3.63) is 23.3 Å². The second kappa shape index (κ2) is 1.97. The quantitative estimate of drug-likeness (QED) is 0.495.